The first-order valence-corrected chi connectivity index (χ1v) is 6.96. The maximum absolute atomic E-state index is 5.50. The molecule has 1 N–H and O–H groups in total. The van der Waals surface area contributed by atoms with Crippen molar-refractivity contribution in [1.82, 2.24) is 0 Å². The molecule has 0 spiro atoms. The van der Waals surface area contributed by atoms with Crippen molar-refractivity contribution in [1.29, 1.82) is 0 Å². The first-order chi connectivity index (χ1) is 8.98. The van der Waals surface area contributed by atoms with Crippen LogP contribution in [-0.4, -0.2) is 25.4 Å². The first-order valence-electron chi connectivity index (χ1n) is 6.96. The van der Waals surface area contributed by atoms with E-state index in [4.69, 9.17) is 9.47 Å². The van der Waals surface area contributed by atoms with Gasteiger partial charge in [-0.15, -0.1) is 0 Å². The molecule has 0 bridgehead atoms. The van der Waals surface area contributed by atoms with Gasteiger partial charge < -0.3 is 14.8 Å². The Hall–Kier alpha value is -1.06. The second-order valence-corrected chi connectivity index (χ2v) is 5.51. The summed E-state index contributed by atoms with van der Waals surface area (Å²) < 4.78 is 11.0. The van der Waals surface area contributed by atoms with Gasteiger partial charge in [-0.2, -0.15) is 0 Å². The van der Waals surface area contributed by atoms with E-state index in [1.165, 1.54) is 5.56 Å². The highest BCUT2D eigenvalue weighted by Crippen LogP contribution is 2.21. The van der Waals surface area contributed by atoms with Crippen LogP contribution in [-0.2, 0) is 16.1 Å². The van der Waals surface area contributed by atoms with E-state index in [9.17, 15) is 0 Å². The van der Waals surface area contributed by atoms with Crippen LogP contribution < -0.4 is 5.32 Å². The van der Waals surface area contributed by atoms with Gasteiger partial charge in [0.25, 0.3) is 0 Å². The SMILES string of the molecule is CCOCc1ccccc1NC(C)CC(C)(C)OC. The molecule has 108 valence electrons. The number of hydrogen-bond acceptors (Lipinski definition) is 3. The minimum absolute atomic E-state index is 0.110. The number of rotatable bonds is 8. The number of benzene rings is 1. The molecule has 1 aromatic rings. The van der Waals surface area contributed by atoms with E-state index in [1.54, 1.807) is 7.11 Å². The van der Waals surface area contributed by atoms with Gasteiger partial charge >= 0.3 is 0 Å². The predicted octanol–water partition coefficient (Wildman–Crippen LogP) is 3.84. The molecule has 0 amide bonds. The molecular weight excluding hydrogens is 238 g/mol. The summed E-state index contributed by atoms with van der Waals surface area (Å²) in [6.45, 7) is 9.80. The summed E-state index contributed by atoms with van der Waals surface area (Å²) >= 11 is 0. The van der Waals surface area contributed by atoms with Crippen LogP contribution in [0.5, 0.6) is 0 Å². The van der Waals surface area contributed by atoms with Crippen molar-refractivity contribution < 1.29 is 9.47 Å². The van der Waals surface area contributed by atoms with E-state index in [1.807, 2.05) is 19.1 Å². The normalized spacial score (nSPS) is 13.3. The molecule has 0 fully saturated rings. The molecule has 0 aliphatic rings. The van der Waals surface area contributed by atoms with Gasteiger partial charge in [-0.3, -0.25) is 0 Å². The van der Waals surface area contributed by atoms with Gasteiger partial charge in [-0.05, 0) is 40.2 Å². The van der Waals surface area contributed by atoms with Gasteiger partial charge in [0.2, 0.25) is 0 Å². The molecule has 0 aromatic heterocycles. The fraction of sp³-hybridized carbons (Fsp3) is 0.625. The quantitative estimate of drug-likeness (QED) is 0.774. The average molecular weight is 265 g/mol. The molecule has 1 unspecified atom stereocenters. The van der Waals surface area contributed by atoms with E-state index in [0.717, 1.165) is 18.7 Å². The van der Waals surface area contributed by atoms with E-state index in [0.29, 0.717) is 12.6 Å². The molecule has 1 atom stereocenters. The van der Waals surface area contributed by atoms with Crippen LogP contribution in [0.15, 0.2) is 24.3 Å². The van der Waals surface area contributed by atoms with Crippen LogP contribution in [0.2, 0.25) is 0 Å². The van der Waals surface area contributed by atoms with Crippen LogP contribution in [0, 0.1) is 0 Å². The lowest BCUT2D eigenvalue weighted by Gasteiger charge is -2.28. The van der Waals surface area contributed by atoms with Gasteiger partial charge in [0.1, 0.15) is 0 Å². The monoisotopic (exact) mass is 265 g/mol. The van der Waals surface area contributed by atoms with Gasteiger partial charge in [0.15, 0.2) is 0 Å². The van der Waals surface area contributed by atoms with Crippen LogP contribution in [0.25, 0.3) is 0 Å². The lowest BCUT2D eigenvalue weighted by atomic mass is 9.99. The molecule has 3 heteroatoms. The Bertz CT molecular complexity index is 377. The average Bonchev–Trinajstić information content (AvgIpc) is 2.37. The summed E-state index contributed by atoms with van der Waals surface area (Å²) in [5, 5.41) is 3.55. The number of methoxy groups -OCH3 is 1. The van der Waals surface area contributed by atoms with Gasteiger partial charge in [0, 0.05) is 31.0 Å². The Morgan fingerprint density at radius 2 is 1.95 bits per heavy atom. The summed E-state index contributed by atoms with van der Waals surface area (Å²) in [6, 6.07) is 8.64. The van der Waals surface area contributed by atoms with Crippen molar-refractivity contribution in [2.24, 2.45) is 0 Å². The minimum atomic E-state index is -0.110. The zero-order valence-corrected chi connectivity index (χ0v) is 12.8. The van der Waals surface area contributed by atoms with E-state index in [2.05, 4.69) is 38.2 Å². The summed E-state index contributed by atoms with van der Waals surface area (Å²) in [5.41, 5.74) is 2.24. The Kier molecular flexibility index (Phi) is 6.32. The van der Waals surface area contributed by atoms with E-state index in [-0.39, 0.29) is 5.60 Å². The Balaban J connectivity index is 2.65. The lowest BCUT2D eigenvalue weighted by Crippen LogP contribution is -2.31. The molecule has 0 heterocycles. The predicted molar refractivity (Wildman–Crippen MR) is 80.6 cm³/mol. The highest BCUT2D eigenvalue weighted by Gasteiger charge is 2.20. The fourth-order valence-corrected chi connectivity index (χ4v) is 2.14. The number of para-hydroxylation sites is 1. The van der Waals surface area contributed by atoms with Gasteiger partial charge in [-0.25, -0.2) is 0 Å². The number of hydrogen-bond donors (Lipinski definition) is 1. The number of ether oxygens (including phenoxy) is 2. The highest BCUT2D eigenvalue weighted by atomic mass is 16.5. The summed E-state index contributed by atoms with van der Waals surface area (Å²) in [6.07, 6.45) is 0.951. The van der Waals surface area contributed by atoms with Crippen molar-refractivity contribution in [3.05, 3.63) is 29.8 Å². The zero-order chi connectivity index (χ0) is 14.3. The lowest BCUT2D eigenvalue weighted by molar-refractivity contribution is 0.0128. The smallest absolute Gasteiger partial charge is 0.0736 e. The Labute approximate surface area is 117 Å². The fourth-order valence-electron chi connectivity index (χ4n) is 2.14. The molecule has 3 nitrogen and oxygen atoms in total. The minimum Gasteiger partial charge on any atom is -0.382 e. The maximum Gasteiger partial charge on any atom is 0.0736 e. The molecule has 0 saturated heterocycles. The molecule has 0 aliphatic carbocycles. The largest absolute Gasteiger partial charge is 0.382 e. The third-order valence-corrected chi connectivity index (χ3v) is 3.23. The number of nitrogens with one attached hydrogen (secondary N) is 1. The highest BCUT2D eigenvalue weighted by molar-refractivity contribution is 5.51. The van der Waals surface area contributed by atoms with Crippen molar-refractivity contribution >= 4 is 5.69 Å². The summed E-state index contributed by atoms with van der Waals surface area (Å²) in [5.74, 6) is 0. The molecule has 1 rings (SSSR count). The van der Waals surface area contributed by atoms with E-state index < -0.39 is 0 Å². The third-order valence-electron chi connectivity index (χ3n) is 3.23. The van der Waals surface area contributed by atoms with Crippen LogP contribution in [0.1, 0.15) is 39.7 Å². The standard InChI is InChI=1S/C16H27NO2/c1-6-19-12-14-9-7-8-10-15(14)17-13(2)11-16(3,4)18-5/h7-10,13,17H,6,11-12H2,1-5H3. The summed E-state index contributed by atoms with van der Waals surface area (Å²) in [4.78, 5) is 0. The van der Waals surface area contributed by atoms with Gasteiger partial charge in [-0.1, -0.05) is 18.2 Å². The maximum atomic E-state index is 5.50. The Morgan fingerprint density at radius 1 is 1.26 bits per heavy atom. The molecule has 1 aromatic carbocycles. The molecule has 0 saturated carbocycles. The van der Waals surface area contributed by atoms with Crippen LogP contribution in [0.3, 0.4) is 0 Å². The van der Waals surface area contributed by atoms with Crippen molar-refractivity contribution in [3.8, 4) is 0 Å². The van der Waals surface area contributed by atoms with Crippen molar-refractivity contribution in [2.75, 3.05) is 19.0 Å². The van der Waals surface area contributed by atoms with Crippen LogP contribution >= 0.6 is 0 Å². The molecule has 0 radical (unpaired) electrons. The van der Waals surface area contributed by atoms with Crippen molar-refractivity contribution in [2.45, 2.75) is 52.4 Å². The Morgan fingerprint density at radius 3 is 2.58 bits per heavy atom. The van der Waals surface area contributed by atoms with Crippen LogP contribution in [0.4, 0.5) is 5.69 Å². The third kappa shape index (κ3) is 5.62. The topological polar surface area (TPSA) is 30.5 Å². The summed E-state index contributed by atoms with van der Waals surface area (Å²) in [7, 11) is 1.76. The first kappa shape index (κ1) is 16.0. The molecule has 0 aliphatic heterocycles. The number of anilines is 1. The second kappa shape index (κ2) is 7.51. The van der Waals surface area contributed by atoms with E-state index >= 15 is 0 Å². The molecule has 19 heavy (non-hydrogen) atoms. The zero-order valence-electron chi connectivity index (χ0n) is 12.8. The van der Waals surface area contributed by atoms with Crippen molar-refractivity contribution in [3.63, 3.8) is 0 Å². The molecular formula is C16H27NO2. The van der Waals surface area contributed by atoms with Gasteiger partial charge in [0.05, 0.1) is 12.2 Å². The second-order valence-electron chi connectivity index (χ2n) is 5.51.